The fraction of sp³-hybridized carbons (Fsp3) is 0. The number of benzene rings is 14. The molecule has 0 spiro atoms. The highest BCUT2D eigenvalue weighted by Gasteiger charge is 2.41. The topological polar surface area (TPSA) is 3.24 Å². The molecule has 0 aliphatic rings. The number of hydrogen-bond donors (Lipinski definition) is 0. The molecule has 0 saturated heterocycles. The molecule has 2 heteroatoms. The summed E-state index contributed by atoms with van der Waals surface area (Å²) >= 11 is 0. The number of hydrogen-bond acceptors (Lipinski definition) is 1. The fourth-order valence-corrected chi connectivity index (χ4v) is 17.2. The minimum absolute atomic E-state index is 1.09. The van der Waals surface area contributed by atoms with Gasteiger partial charge in [-0.25, -0.2) is 0 Å². The summed E-state index contributed by atoms with van der Waals surface area (Å²) in [4.78, 5) is 2.52. The zero-order chi connectivity index (χ0) is 50.4. The summed E-state index contributed by atoms with van der Waals surface area (Å²) < 4.78 is 0. The van der Waals surface area contributed by atoms with E-state index in [0.717, 1.165) is 17.1 Å². The molecule has 0 saturated carbocycles. The molecule has 0 aromatic heterocycles. The van der Waals surface area contributed by atoms with Gasteiger partial charge in [-0.15, -0.1) is 0 Å². The van der Waals surface area contributed by atoms with E-state index in [1.54, 1.807) is 0 Å². The average Bonchev–Trinajstić information content (AvgIpc) is 3.65. The van der Waals surface area contributed by atoms with Crippen molar-refractivity contribution in [2.24, 2.45) is 0 Å². The Balaban J connectivity index is 1.08. The van der Waals surface area contributed by atoms with Crippen molar-refractivity contribution in [3.8, 4) is 33.4 Å². The lowest BCUT2D eigenvalue weighted by atomic mass is 9.81. The highest BCUT2D eigenvalue weighted by molar-refractivity contribution is 7.19. The molecule has 0 radical (unpaired) electrons. The first-order valence-corrected chi connectivity index (χ1v) is 28.3. The van der Waals surface area contributed by atoms with Crippen LogP contribution in [0.3, 0.4) is 0 Å². The van der Waals surface area contributed by atoms with Gasteiger partial charge < -0.3 is 4.90 Å². The van der Waals surface area contributed by atoms with Gasteiger partial charge >= 0.3 is 0 Å². The Morgan fingerprint density at radius 2 is 0.645 bits per heavy atom. The molecule has 0 bridgehead atoms. The van der Waals surface area contributed by atoms with Crippen LogP contribution >= 0.6 is 0 Å². The minimum Gasteiger partial charge on any atom is -0.310 e. The smallest absolute Gasteiger partial charge is 0.179 e. The first kappa shape index (κ1) is 45.0. The molecule has 0 unspecified atom stereocenters. The Kier molecular flexibility index (Phi) is 11.3. The SMILES string of the molecule is c1ccc(-c2cc(-c3ccccc3)c3c4ccccc4c4cc(N(c5ccc([Si](c6ccccc6)(c6ccccc6)c6ccccc6)cc5)c5cc6ccccc6c6ccccc56)ccc4c3c2-c2ccccc2)cc1. The lowest BCUT2D eigenvalue weighted by molar-refractivity contribution is 1.31. The third-order valence-electron chi connectivity index (χ3n) is 15.7. The quantitative estimate of drug-likeness (QED) is 0.0750. The third kappa shape index (κ3) is 7.45. The summed E-state index contributed by atoms with van der Waals surface area (Å²) in [6, 6.07) is 115. The van der Waals surface area contributed by atoms with Crippen LogP contribution in [0.1, 0.15) is 0 Å². The fourth-order valence-electron chi connectivity index (χ4n) is 12.4. The lowest BCUT2D eigenvalue weighted by Gasteiger charge is -2.35. The molecule has 0 heterocycles. The number of nitrogens with zero attached hydrogens (tertiary/aromatic N) is 1. The van der Waals surface area contributed by atoms with Gasteiger partial charge in [0.25, 0.3) is 0 Å². The van der Waals surface area contributed by atoms with Crippen LogP contribution in [-0.4, -0.2) is 8.07 Å². The predicted molar refractivity (Wildman–Crippen MR) is 329 cm³/mol. The van der Waals surface area contributed by atoms with Gasteiger partial charge in [-0.3, -0.25) is 0 Å². The van der Waals surface area contributed by atoms with Gasteiger partial charge in [-0.2, -0.15) is 0 Å². The molecule has 76 heavy (non-hydrogen) atoms. The Bertz CT molecular complexity index is 4310. The van der Waals surface area contributed by atoms with Crippen molar-refractivity contribution in [2.75, 3.05) is 4.90 Å². The van der Waals surface area contributed by atoms with Gasteiger partial charge in [-0.1, -0.05) is 273 Å². The molecule has 0 amide bonds. The van der Waals surface area contributed by atoms with Crippen LogP contribution in [-0.2, 0) is 0 Å². The van der Waals surface area contributed by atoms with E-state index in [1.807, 2.05) is 0 Å². The van der Waals surface area contributed by atoms with Crippen molar-refractivity contribution >= 4 is 99.7 Å². The monoisotopic (exact) mass is 981 g/mol. The maximum absolute atomic E-state index is 2.80. The second-order valence-electron chi connectivity index (χ2n) is 19.9. The Labute approximate surface area is 444 Å². The van der Waals surface area contributed by atoms with E-state index in [1.165, 1.54) is 108 Å². The van der Waals surface area contributed by atoms with E-state index in [4.69, 9.17) is 0 Å². The van der Waals surface area contributed by atoms with Gasteiger partial charge in [-0.05, 0) is 139 Å². The second kappa shape index (κ2) is 19.0. The van der Waals surface area contributed by atoms with E-state index in [2.05, 4.69) is 314 Å². The molecule has 0 aliphatic carbocycles. The van der Waals surface area contributed by atoms with Gasteiger partial charge in [0.15, 0.2) is 8.07 Å². The predicted octanol–water partition coefficient (Wildman–Crippen LogP) is 17.3. The van der Waals surface area contributed by atoms with Crippen LogP contribution in [0.4, 0.5) is 17.1 Å². The zero-order valence-electron chi connectivity index (χ0n) is 41.9. The van der Waals surface area contributed by atoms with Crippen LogP contribution < -0.4 is 25.6 Å². The molecule has 0 fully saturated rings. The lowest BCUT2D eigenvalue weighted by Crippen LogP contribution is -2.74. The molecule has 14 rings (SSSR count). The van der Waals surface area contributed by atoms with E-state index in [9.17, 15) is 0 Å². The van der Waals surface area contributed by atoms with Gasteiger partial charge in [0, 0.05) is 16.8 Å². The van der Waals surface area contributed by atoms with Crippen LogP contribution in [0.25, 0.3) is 87.2 Å². The average molecular weight is 982 g/mol. The zero-order valence-corrected chi connectivity index (χ0v) is 42.9. The molecular weight excluding hydrogens is 931 g/mol. The van der Waals surface area contributed by atoms with Crippen molar-refractivity contribution in [3.63, 3.8) is 0 Å². The van der Waals surface area contributed by atoms with Gasteiger partial charge in [0.2, 0.25) is 0 Å². The van der Waals surface area contributed by atoms with E-state index >= 15 is 0 Å². The largest absolute Gasteiger partial charge is 0.310 e. The summed E-state index contributed by atoms with van der Waals surface area (Å²) in [6.45, 7) is 0. The summed E-state index contributed by atoms with van der Waals surface area (Å²) in [6.07, 6.45) is 0. The highest BCUT2D eigenvalue weighted by Crippen LogP contribution is 2.51. The van der Waals surface area contributed by atoms with Crippen molar-refractivity contribution in [3.05, 3.63) is 309 Å². The molecule has 14 aromatic carbocycles. The van der Waals surface area contributed by atoms with Crippen LogP contribution in [0, 0.1) is 0 Å². The van der Waals surface area contributed by atoms with Crippen molar-refractivity contribution in [1.29, 1.82) is 0 Å². The molecule has 14 aromatic rings. The minimum atomic E-state index is -2.80. The Hall–Kier alpha value is -9.60. The molecule has 0 aliphatic heterocycles. The molecular formula is C74H51NSi. The van der Waals surface area contributed by atoms with Gasteiger partial charge in [0.05, 0.1) is 5.69 Å². The Morgan fingerprint density at radius 1 is 0.237 bits per heavy atom. The van der Waals surface area contributed by atoms with Crippen molar-refractivity contribution < 1.29 is 0 Å². The number of fused-ring (bicyclic) bond motifs is 9. The summed E-state index contributed by atoms with van der Waals surface area (Å²) in [7, 11) is -2.80. The number of anilines is 3. The molecule has 0 atom stereocenters. The summed E-state index contributed by atoms with van der Waals surface area (Å²) in [5.41, 5.74) is 10.6. The van der Waals surface area contributed by atoms with E-state index in [-0.39, 0.29) is 0 Å². The van der Waals surface area contributed by atoms with Crippen molar-refractivity contribution in [1.82, 2.24) is 0 Å². The van der Waals surface area contributed by atoms with Crippen molar-refractivity contribution in [2.45, 2.75) is 0 Å². The molecule has 1 nitrogen and oxygen atoms in total. The number of rotatable bonds is 10. The van der Waals surface area contributed by atoms with Crippen LogP contribution in [0.2, 0.25) is 0 Å². The summed E-state index contributed by atoms with van der Waals surface area (Å²) in [5.74, 6) is 0. The standard InChI is InChI=1S/C74H51NSi/c1-7-25-52(26-8-1)68-51-69(53-27-9-2-10-28-53)73-66-42-24-22-40-64(66)70-50-57(45-48-67(70)74(73)72(68)54-29-11-3-12-30-54)75(71-49-55-31-19-20-38-62(55)63-39-21-23-41-65(63)71)56-43-46-61(47-44-56)76(58-32-13-4-14-33-58,59-34-15-5-16-35-59)60-36-17-6-18-37-60/h1-51H. The van der Waals surface area contributed by atoms with Crippen LogP contribution in [0.15, 0.2) is 309 Å². The van der Waals surface area contributed by atoms with E-state index < -0.39 is 8.07 Å². The highest BCUT2D eigenvalue weighted by atomic mass is 28.3. The summed E-state index contributed by atoms with van der Waals surface area (Å²) in [5, 5.41) is 17.6. The van der Waals surface area contributed by atoms with Crippen LogP contribution in [0.5, 0.6) is 0 Å². The molecule has 356 valence electrons. The normalized spacial score (nSPS) is 11.7. The Morgan fingerprint density at radius 3 is 1.21 bits per heavy atom. The first-order chi connectivity index (χ1) is 37.7. The second-order valence-corrected chi connectivity index (χ2v) is 23.7. The van der Waals surface area contributed by atoms with E-state index in [0.29, 0.717) is 0 Å². The third-order valence-corrected chi connectivity index (χ3v) is 20.5. The van der Waals surface area contributed by atoms with Gasteiger partial charge in [0.1, 0.15) is 0 Å². The molecule has 0 N–H and O–H groups in total. The maximum Gasteiger partial charge on any atom is 0.179 e. The first-order valence-electron chi connectivity index (χ1n) is 26.3. The maximum atomic E-state index is 2.52.